The van der Waals surface area contributed by atoms with Crippen LogP contribution in [0.3, 0.4) is 0 Å². The van der Waals surface area contributed by atoms with E-state index in [0.29, 0.717) is 13.2 Å². The van der Waals surface area contributed by atoms with Crippen molar-refractivity contribution >= 4 is 13.3 Å². The van der Waals surface area contributed by atoms with Gasteiger partial charge in [-0.2, -0.15) is 0 Å². The van der Waals surface area contributed by atoms with Crippen LogP contribution in [0.1, 0.15) is 11.1 Å². The highest BCUT2D eigenvalue weighted by Crippen LogP contribution is 2.06. The second-order valence-electron chi connectivity index (χ2n) is 3.83. The first-order valence-electron chi connectivity index (χ1n) is 5.41. The molecule has 0 aliphatic heterocycles. The van der Waals surface area contributed by atoms with Crippen molar-refractivity contribution in [1.29, 1.82) is 0 Å². The summed E-state index contributed by atoms with van der Waals surface area (Å²) in [5.41, 5.74) is 2.05. The molecule has 0 heterocycles. The van der Waals surface area contributed by atoms with E-state index in [1.54, 1.807) is 12.1 Å². The minimum absolute atomic E-state index is 0.164. The molecule has 0 saturated carbocycles. The summed E-state index contributed by atoms with van der Waals surface area (Å²) in [6.07, 6.45) is 0. The first-order chi connectivity index (χ1) is 8.25. The SMILES string of the molecule is [B]c1ccc(COCc2ccccc2)cc1F. The zero-order chi connectivity index (χ0) is 12.1. The summed E-state index contributed by atoms with van der Waals surface area (Å²) in [6, 6.07) is 14.6. The lowest BCUT2D eigenvalue weighted by Crippen LogP contribution is -2.08. The van der Waals surface area contributed by atoms with Crippen LogP contribution in [0, 0.1) is 5.82 Å². The van der Waals surface area contributed by atoms with Crippen LogP contribution in [0.15, 0.2) is 48.5 Å². The average molecular weight is 226 g/mol. The predicted molar refractivity (Wildman–Crippen MR) is 66.7 cm³/mol. The van der Waals surface area contributed by atoms with E-state index in [2.05, 4.69) is 0 Å². The van der Waals surface area contributed by atoms with E-state index in [1.165, 1.54) is 6.07 Å². The molecular formula is C14H12BFO. The molecule has 0 unspecified atom stereocenters. The van der Waals surface area contributed by atoms with Gasteiger partial charge < -0.3 is 4.74 Å². The molecule has 2 aromatic rings. The molecule has 2 aromatic carbocycles. The second-order valence-corrected chi connectivity index (χ2v) is 3.83. The summed E-state index contributed by atoms with van der Waals surface area (Å²) in [4.78, 5) is 0. The fourth-order valence-corrected chi connectivity index (χ4v) is 1.52. The van der Waals surface area contributed by atoms with Crippen molar-refractivity contribution < 1.29 is 9.13 Å². The molecule has 17 heavy (non-hydrogen) atoms. The van der Waals surface area contributed by atoms with Crippen molar-refractivity contribution in [3.8, 4) is 0 Å². The van der Waals surface area contributed by atoms with E-state index in [4.69, 9.17) is 12.6 Å². The van der Waals surface area contributed by atoms with E-state index in [-0.39, 0.29) is 5.46 Å². The summed E-state index contributed by atoms with van der Waals surface area (Å²) in [5.74, 6) is -0.397. The molecule has 0 N–H and O–H groups in total. The van der Waals surface area contributed by atoms with Gasteiger partial charge >= 0.3 is 0 Å². The number of halogens is 1. The number of hydrogen-bond donors (Lipinski definition) is 0. The van der Waals surface area contributed by atoms with Crippen LogP contribution in [-0.4, -0.2) is 7.85 Å². The number of hydrogen-bond acceptors (Lipinski definition) is 1. The van der Waals surface area contributed by atoms with Gasteiger partial charge in [0.05, 0.1) is 13.2 Å². The summed E-state index contributed by atoms with van der Waals surface area (Å²) in [7, 11) is 5.39. The van der Waals surface area contributed by atoms with Gasteiger partial charge in [0, 0.05) is 0 Å². The molecule has 0 fully saturated rings. The number of benzene rings is 2. The Labute approximate surface area is 102 Å². The molecule has 2 radical (unpaired) electrons. The third-order valence-electron chi connectivity index (χ3n) is 2.45. The Kier molecular flexibility index (Phi) is 3.94. The van der Waals surface area contributed by atoms with Crippen molar-refractivity contribution in [1.82, 2.24) is 0 Å². The van der Waals surface area contributed by atoms with Crippen LogP contribution in [0.25, 0.3) is 0 Å². The normalized spacial score (nSPS) is 10.4. The lowest BCUT2D eigenvalue weighted by Gasteiger charge is -2.05. The van der Waals surface area contributed by atoms with Crippen LogP contribution >= 0.6 is 0 Å². The second kappa shape index (κ2) is 5.64. The Morgan fingerprint density at radius 3 is 2.35 bits per heavy atom. The first kappa shape index (κ1) is 11.9. The zero-order valence-electron chi connectivity index (χ0n) is 9.40. The van der Waals surface area contributed by atoms with Crippen LogP contribution in [0.2, 0.25) is 0 Å². The Morgan fingerprint density at radius 1 is 0.941 bits per heavy atom. The van der Waals surface area contributed by atoms with Gasteiger partial charge in [0.25, 0.3) is 0 Å². The van der Waals surface area contributed by atoms with Gasteiger partial charge in [-0.25, -0.2) is 4.39 Å². The molecular weight excluding hydrogens is 214 g/mol. The molecule has 2 rings (SSSR count). The van der Waals surface area contributed by atoms with E-state index in [9.17, 15) is 4.39 Å². The quantitative estimate of drug-likeness (QED) is 0.727. The molecule has 0 atom stereocenters. The molecule has 0 amide bonds. The Bertz CT molecular complexity index is 485. The summed E-state index contributed by atoms with van der Waals surface area (Å²) in [6.45, 7) is 0.902. The minimum Gasteiger partial charge on any atom is -0.372 e. The zero-order valence-corrected chi connectivity index (χ0v) is 9.40. The largest absolute Gasteiger partial charge is 0.372 e. The van der Waals surface area contributed by atoms with Crippen LogP contribution in [0.4, 0.5) is 4.39 Å². The Morgan fingerprint density at radius 2 is 1.65 bits per heavy atom. The maximum atomic E-state index is 13.1. The molecule has 0 spiro atoms. The minimum atomic E-state index is -0.397. The van der Waals surface area contributed by atoms with Gasteiger partial charge in [-0.1, -0.05) is 47.9 Å². The van der Waals surface area contributed by atoms with Crippen LogP contribution in [-0.2, 0) is 18.0 Å². The lowest BCUT2D eigenvalue weighted by atomic mass is 9.94. The van der Waals surface area contributed by atoms with Crippen molar-refractivity contribution in [2.24, 2.45) is 0 Å². The van der Waals surface area contributed by atoms with Crippen LogP contribution < -0.4 is 5.46 Å². The third kappa shape index (κ3) is 3.43. The van der Waals surface area contributed by atoms with E-state index in [1.807, 2.05) is 30.3 Å². The van der Waals surface area contributed by atoms with Crippen molar-refractivity contribution in [2.75, 3.05) is 0 Å². The fraction of sp³-hybridized carbons (Fsp3) is 0.143. The van der Waals surface area contributed by atoms with Crippen LogP contribution in [0.5, 0.6) is 0 Å². The summed E-state index contributed by atoms with van der Waals surface area (Å²) < 4.78 is 18.6. The van der Waals surface area contributed by atoms with E-state index >= 15 is 0 Å². The van der Waals surface area contributed by atoms with Crippen molar-refractivity contribution in [2.45, 2.75) is 13.2 Å². The lowest BCUT2D eigenvalue weighted by molar-refractivity contribution is 0.107. The molecule has 0 bridgehead atoms. The Balaban J connectivity index is 1.88. The third-order valence-corrected chi connectivity index (χ3v) is 2.45. The number of rotatable bonds is 4. The smallest absolute Gasteiger partial charge is 0.117 e. The van der Waals surface area contributed by atoms with Gasteiger partial charge in [0.1, 0.15) is 13.7 Å². The molecule has 1 nitrogen and oxygen atoms in total. The Hall–Kier alpha value is -1.61. The average Bonchev–Trinajstić information content (AvgIpc) is 2.35. The molecule has 0 saturated heterocycles. The molecule has 0 aliphatic carbocycles. The summed E-state index contributed by atoms with van der Waals surface area (Å²) in [5, 5.41) is 0. The van der Waals surface area contributed by atoms with Gasteiger partial charge in [-0.15, -0.1) is 0 Å². The van der Waals surface area contributed by atoms with Gasteiger partial charge in [0.15, 0.2) is 0 Å². The van der Waals surface area contributed by atoms with Crippen molar-refractivity contribution in [3.63, 3.8) is 0 Å². The highest BCUT2D eigenvalue weighted by Gasteiger charge is 1.99. The van der Waals surface area contributed by atoms with E-state index < -0.39 is 5.82 Å². The standard InChI is InChI=1S/C14H12BFO/c15-13-7-6-12(8-14(13)16)10-17-9-11-4-2-1-3-5-11/h1-8H,9-10H2. The highest BCUT2D eigenvalue weighted by atomic mass is 19.1. The van der Waals surface area contributed by atoms with Gasteiger partial charge in [0.2, 0.25) is 0 Å². The number of ether oxygens (including phenoxy) is 1. The fourth-order valence-electron chi connectivity index (χ4n) is 1.52. The first-order valence-corrected chi connectivity index (χ1v) is 5.41. The maximum absolute atomic E-state index is 13.1. The topological polar surface area (TPSA) is 9.23 Å². The van der Waals surface area contributed by atoms with Gasteiger partial charge in [-0.3, -0.25) is 0 Å². The highest BCUT2D eigenvalue weighted by molar-refractivity contribution is 6.32. The molecule has 3 heteroatoms. The van der Waals surface area contributed by atoms with E-state index in [0.717, 1.165) is 11.1 Å². The monoisotopic (exact) mass is 226 g/mol. The maximum Gasteiger partial charge on any atom is 0.117 e. The summed E-state index contributed by atoms with van der Waals surface area (Å²) >= 11 is 0. The molecule has 84 valence electrons. The predicted octanol–water partition coefficient (Wildman–Crippen LogP) is 2.34. The molecule has 0 aromatic heterocycles. The van der Waals surface area contributed by atoms with Gasteiger partial charge in [-0.05, 0) is 17.2 Å². The molecule has 0 aliphatic rings. The van der Waals surface area contributed by atoms with Crippen molar-refractivity contribution in [3.05, 3.63) is 65.5 Å².